The second-order valence-electron chi connectivity index (χ2n) is 10.6. The lowest BCUT2D eigenvalue weighted by Crippen LogP contribution is -2.47. The topological polar surface area (TPSA) is 60.4 Å². The van der Waals surface area contributed by atoms with E-state index in [1.54, 1.807) is 0 Å². The van der Waals surface area contributed by atoms with Crippen LogP contribution in [0.15, 0.2) is 23.3 Å². The maximum atomic E-state index is 13.0. The minimum atomic E-state index is -0.392. The van der Waals surface area contributed by atoms with Gasteiger partial charge in [0.15, 0.2) is 11.6 Å². The highest BCUT2D eigenvalue weighted by molar-refractivity contribution is 5.92. The Hall–Kier alpha value is -1.71. The first-order valence-corrected chi connectivity index (χ1v) is 11.2. The van der Waals surface area contributed by atoms with Crippen molar-refractivity contribution in [3.63, 3.8) is 0 Å². The van der Waals surface area contributed by atoms with Crippen LogP contribution in [0.2, 0.25) is 0 Å². The van der Waals surface area contributed by atoms with Gasteiger partial charge in [0.2, 0.25) is 0 Å². The van der Waals surface area contributed by atoms with E-state index in [0.717, 1.165) is 25.7 Å². The number of hydrogen-bond donors (Lipinski definition) is 0. The van der Waals surface area contributed by atoms with Crippen LogP contribution in [-0.4, -0.2) is 24.1 Å². The maximum absolute atomic E-state index is 13.0. The predicted octanol–water partition coefficient (Wildman–Crippen LogP) is 4.68. The van der Waals surface area contributed by atoms with Crippen LogP contribution < -0.4 is 0 Å². The second-order valence-corrected chi connectivity index (χ2v) is 10.6. The fourth-order valence-corrected chi connectivity index (χ4v) is 7.59. The van der Waals surface area contributed by atoms with E-state index in [1.165, 1.54) is 18.1 Å². The van der Waals surface area contributed by atoms with Crippen LogP contribution >= 0.6 is 0 Å². The molecule has 0 aromatic heterocycles. The molecule has 2 fully saturated rings. The molecule has 0 radical (unpaired) electrons. The number of allylic oxidation sites excluding steroid dienone is 4. The molecule has 0 spiro atoms. The van der Waals surface area contributed by atoms with Crippen LogP contribution in [0.25, 0.3) is 0 Å². The number of rotatable bonds is 3. The number of ether oxygens (including phenoxy) is 1. The van der Waals surface area contributed by atoms with E-state index in [2.05, 4.69) is 33.8 Å². The zero-order valence-corrected chi connectivity index (χ0v) is 18.4. The van der Waals surface area contributed by atoms with E-state index in [9.17, 15) is 14.4 Å². The molecule has 2 unspecified atom stereocenters. The molecule has 0 saturated heterocycles. The first-order valence-electron chi connectivity index (χ1n) is 11.2. The number of carbonyl (C=O) groups is 3. The molecule has 0 heterocycles. The second kappa shape index (κ2) is 6.92. The quantitative estimate of drug-likeness (QED) is 0.512. The molecule has 29 heavy (non-hydrogen) atoms. The largest absolute Gasteiger partial charge is 0.458 e. The molecule has 4 aliphatic rings. The van der Waals surface area contributed by atoms with Gasteiger partial charge in [-0.25, -0.2) is 0 Å². The van der Waals surface area contributed by atoms with Gasteiger partial charge >= 0.3 is 5.97 Å². The van der Waals surface area contributed by atoms with E-state index in [-0.39, 0.29) is 34.9 Å². The Morgan fingerprint density at radius 3 is 2.59 bits per heavy atom. The van der Waals surface area contributed by atoms with Gasteiger partial charge in [-0.2, -0.15) is 0 Å². The van der Waals surface area contributed by atoms with Crippen molar-refractivity contribution in [2.45, 2.75) is 66.7 Å². The molecule has 0 aliphatic heterocycles. The average molecular weight is 399 g/mol. The van der Waals surface area contributed by atoms with Crippen molar-refractivity contribution in [3.8, 4) is 0 Å². The van der Waals surface area contributed by atoms with Gasteiger partial charge in [-0.1, -0.05) is 44.9 Å². The van der Waals surface area contributed by atoms with E-state index in [1.807, 2.05) is 6.08 Å². The number of ketones is 2. The average Bonchev–Trinajstić information content (AvgIpc) is 2.92. The molecule has 0 aromatic carbocycles. The van der Waals surface area contributed by atoms with Crippen LogP contribution in [0.5, 0.6) is 0 Å². The molecule has 4 rings (SSSR count). The fourth-order valence-electron chi connectivity index (χ4n) is 7.59. The summed E-state index contributed by atoms with van der Waals surface area (Å²) in [4.78, 5) is 36.3. The third kappa shape index (κ3) is 3.05. The Balaban J connectivity index is 1.68. The number of Topliss-reactive ketones (excluding diaryl/α,β-unsaturated/α-hetero) is 1. The SMILES string of the molecule is CC(=O)OCC(=O)[C@H]1[C@H](C)CC2C3C[C@H](C)C4=CC(=O)CC[C@]4(C)C3=CC[C@@]21C. The lowest BCUT2D eigenvalue weighted by Gasteiger charge is -2.55. The van der Waals surface area contributed by atoms with Gasteiger partial charge in [0.25, 0.3) is 0 Å². The van der Waals surface area contributed by atoms with E-state index >= 15 is 0 Å². The molecule has 0 aromatic rings. The number of fused-ring (bicyclic) bond motifs is 5. The van der Waals surface area contributed by atoms with Crippen molar-refractivity contribution in [2.75, 3.05) is 6.61 Å². The third-order valence-corrected chi connectivity index (χ3v) is 8.76. The van der Waals surface area contributed by atoms with E-state index in [0.29, 0.717) is 30.1 Å². The van der Waals surface area contributed by atoms with Gasteiger partial charge in [-0.05, 0) is 60.8 Å². The summed E-state index contributed by atoms with van der Waals surface area (Å²) in [7, 11) is 0. The van der Waals surface area contributed by atoms with Crippen LogP contribution in [0.3, 0.4) is 0 Å². The fraction of sp³-hybridized carbons (Fsp3) is 0.720. The van der Waals surface area contributed by atoms with Crippen molar-refractivity contribution in [1.82, 2.24) is 0 Å². The summed E-state index contributed by atoms with van der Waals surface area (Å²) in [6, 6.07) is 0. The summed E-state index contributed by atoms with van der Waals surface area (Å²) in [6.45, 7) is 10.3. The van der Waals surface area contributed by atoms with Crippen molar-refractivity contribution < 1.29 is 19.1 Å². The van der Waals surface area contributed by atoms with Crippen LogP contribution in [0, 0.1) is 40.4 Å². The van der Waals surface area contributed by atoms with Gasteiger partial charge in [0, 0.05) is 24.7 Å². The lowest BCUT2D eigenvalue weighted by atomic mass is 9.49. The summed E-state index contributed by atoms with van der Waals surface area (Å²) < 4.78 is 5.07. The Bertz CT molecular complexity index is 821. The Kier molecular flexibility index (Phi) is 4.91. The Morgan fingerprint density at radius 1 is 1.17 bits per heavy atom. The standard InChI is InChI=1S/C25H34O4/c1-14-10-18-19(24(4)8-6-17(27)12-20(14)24)7-9-25(5)21(18)11-15(2)23(25)22(28)13-29-16(3)26/h7,12,14-15,18,21,23H,6,8-11,13H2,1-5H3/t14-,15+,18?,21?,23+,24+,25-/m0/s1. The molecular formula is C25H34O4. The number of esters is 1. The Labute approximate surface area is 174 Å². The first-order chi connectivity index (χ1) is 13.6. The van der Waals surface area contributed by atoms with Crippen LogP contribution in [-0.2, 0) is 19.1 Å². The van der Waals surface area contributed by atoms with Crippen molar-refractivity contribution in [1.29, 1.82) is 0 Å². The molecule has 4 nitrogen and oxygen atoms in total. The zero-order chi connectivity index (χ0) is 21.1. The molecular weight excluding hydrogens is 364 g/mol. The molecule has 2 saturated carbocycles. The highest BCUT2D eigenvalue weighted by Crippen LogP contribution is 2.66. The molecule has 7 atom stereocenters. The normalized spacial score (nSPS) is 43.5. The van der Waals surface area contributed by atoms with Crippen LogP contribution in [0.4, 0.5) is 0 Å². The molecule has 4 heteroatoms. The highest BCUT2D eigenvalue weighted by atomic mass is 16.5. The lowest BCUT2D eigenvalue weighted by molar-refractivity contribution is -0.148. The van der Waals surface area contributed by atoms with Gasteiger partial charge in [-0.15, -0.1) is 0 Å². The van der Waals surface area contributed by atoms with Crippen molar-refractivity contribution in [3.05, 3.63) is 23.3 Å². The minimum Gasteiger partial charge on any atom is -0.458 e. The van der Waals surface area contributed by atoms with Crippen molar-refractivity contribution in [2.24, 2.45) is 40.4 Å². The predicted molar refractivity (Wildman–Crippen MR) is 111 cm³/mol. The third-order valence-electron chi connectivity index (χ3n) is 8.76. The van der Waals surface area contributed by atoms with Crippen molar-refractivity contribution >= 4 is 17.5 Å². The molecule has 0 bridgehead atoms. The van der Waals surface area contributed by atoms with E-state index < -0.39 is 5.97 Å². The zero-order valence-electron chi connectivity index (χ0n) is 18.4. The van der Waals surface area contributed by atoms with Gasteiger partial charge < -0.3 is 4.74 Å². The van der Waals surface area contributed by atoms with Gasteiger partial charge in [0.05, 0.1) is 0 Å². The summed E-state index contributed by atoms with van der Waals surface area (Å²) in [5, 5.41) is 0. The molecule has 0 N–H and O–H groups in total. The number of hydrogen-bond acceptors (Lipinski definition) is 4. The first kappa shape index (κ1) is 20.6. The smallest absolute Gasteiger partial charge is 0.303 e. The van der Waals surface area contributed by atoms with Crippen LogP contribution in [0.1, 0.15) is 66.7 Å². The molecule has 4 aliphatic carbocycles. The minimum absolute atomic E-state index is 0.000643. The molecule has 158 valence electrons. The van der Waals surface area contributed by atoms with Gasteiger partial charge in [0.1, 0.15) is 6.61 Å². The number of carbonyl (C=O) groups excluding carboxylic acids is 3. The van der Waals surface area contributed by atoms with E-state index in [4.69, 9.17) is 4.74 Å². The Morgan fingerprint density at radius 2 is 1.90 bits per heavy atom. The van der Waals surface area contributed by atoms with Gasteiger partial charge in [-0.3, -0.25) is 14.4 Å². The summed E-state index contributed by atoms with van der Waals surface area (Å²) in [6.07, 6.45) is 8.92. The monoisotopic (exact) mass is 398 g/mol. The molecule has 0 amide bonds. The summed E-state index contributed by atoms with van der Waals surface area (Å²) >= 11 is 0. The summed E-state index contributed by atoms with van der Waals surface area (Å²) in [5.74, 6) is 1.56. The maximum Gasteiger partial charge on any atom is 0.303 e. The summed E-state index contributed by atoms with van der Waals surface area (Å²) in [5.41, 5.74) is 2.78. The highest BCUT2D eigenvalue weighted by Gasteiger charge is 2.60.